The van der Waals surface area contributed by atoms with Crippen LogP contribution < -0.4 is 10.1 Å². The smallest absolute Gasteiger partial charge is 0.481 e. The van der Waals surface area contributed by atoms with E-state index in [1.165, 1.54) is 12.1 Å². The molecular weight excluding hydrogens is 695 g/mol. The van der Waals surface area contributed by atoms with E-state index in [1.54, 1.807) is 26.0 Å². The average Bonchev–Trinajstić information content (AvgIpc) is 3.46. The molecule has 0 aliphatic heterocycles. The lowest BCUT2D eigenvalue weighted by Crippen LogP contribution is -2.67. The van der Waals surface area contributed by atoms with E-state index in [9.17, 15) is 32.7 Å². The molecule has 0 unspecified atom stereocenters. The molecule has 7 nitrogen and oxygen atoms in total. The molecule has 300 valence electrons. The number of ether oxygens (including phenoxy) is 2. The Morgan fingerprint density at radius 3 is 2.15 bits per heavy atom. The van der Waals surface area contributed by atoms with Crippen LogP contribution in [-0.2, 0) is 25.7 Å². The standard InChI is InChI=1S/C44H62F3NO6/c1-26(2)29-16-21-43(36(50)48-25-27-10-12-28(13-11-27)54-44(45,46)47)23-22-41(8)30(35(29)43)14-15-32-40(7)19-18-33(53-34(49)24-38(3,4)37(51)52)39(5,6)31(40)17-20-42(32,41)9/h10-13,29-33,35H,1,14-25H2,2-9H3,(H,48,50)(H,51,52)/t29-,30+,31-,32+,33-,35+,40-,41+,42+,43-/m0/s1. The number of carboxylic acids is 1. The Morgan fingerprint density at radius 1 is 0.870 bits per heavy atom. The van der Waals surface area contributed by atoms with Crippen LogP contribution in [0.4, 0.5) is 13.2 Å². The van der Waals surface area contributed by atoms with Gasteiger partial charge in [0.2, 0.25) is 5.91 Å². The molecule has 1 aromatic rings. The summed E-state index contributed by atoms with van der Waals surface area (Å²) in [6.07, 6.45) is 4.27. The number of benzene rings is 1. The highest BCUT2D eigenvalue weighted by Crippen LogP contribution is 2.77. The fourth-order valence-electron chi connectivity index (χ4n) is 13.5. The van der Waals surface area contributed by atoms with Gasteiger partial charge in [-0.3, -0.25) is 14.4 Å². The molecule has 0 spiro atoms. The van der Waals surface area contributed by atoms with Crippen molar-refractivity contribution >= 4 is 17.8 Å². The molecule has 5 fully saturated rings. The number of hydrogen-bond donors (Lipinski definition) is 2. The first-order valence-corrected chi connectivity index (χ1v) is 20.1. The van der Waals surface area contributed by atoms with Crippen molar-refractivity contribution in [3.63, 3.8) is 0 Å². The molecule has 1 aromatic carbocycles. The number of alkyl halides is 3. The van der Waals surface area contributed by atoms with Gasteiger partial charge in [0.15, 0.2) is 0 Å². The maximum absolute atomic E-state index is 14.5. The summed E-state index contributed by atoms with van der Waals surface area (Å²) in [5, 5.41) is 12.8. The normalized spacial score (nSPS) is 38.5. The van der Waals surface area contributed by atoms with Gasteiger partial charge in [-0.1, -0.05) is 58.9 Å². The Kier molecular flexibility index (Phi) is 10.2. The van der Waals surface area contributed by atoms with Crippen LogP contribution in [0, 0.1) is 62.1 Å². The summed E-state index contributed by atoms with van der Waals surface area (Å²) in [6.45, 7) is 22.0. The lowest BCUT2D eigenvalue weighted by molar-refractivity contribution is -0.274. The van der Waals surface area contributed by atoms with Crippen LogP contribution in [0.5, 0.6) is 5.75 Å². The van der Waals surface area contributed by atoms with Gasteiger partial charge in [0.1, 0.15) is 11.9 Å². The number of nitrogens with one attached hydrogen (secondary N) is 1. The first kappa shape index (κ1) is 40.6. The Labute approximate surface area is 319 Å². The van der Waals surface area contributed by atoms with Gasteiger partial charge in [-0.15, -0.1) is 13.2 Å². The van der Waals surface area contributed by atoms with Crippen LogP contribution in [-0.4, -0.2) is 35.4 Å². The third-order valence-corrected chi connectivity index (χ3v) is 16.5. The number of aliphatic carboxylic acids is 1. The lowest BCUT2D eigenvalue weighted by Gasteiger charge is -2.72. The van der Waals surface area contributed by atoms with Crippen molar-refractivity contribution in [2.45, 2.75) is 145 Å². The summed E-state index contributed by atoms with van der Waals surface area (Å²) >= 11 is 0. The first-order chi connectivity index (χ1) is 24.9. The summed E-state index contributed by atoms with van der Waals surface area (Å²) in [6, 6.07) is 5.70. The van der Waals surface area contributed by atoms with Crippen LogP contribution in [0.1, 0.15) is 132 Å². The van der Waals surface area contributed by atoms with E-state index in [-0.39, 0.29) is 64.2 Å². The third-order valence-electron chi connectivity index (χ3n) is 16.5. The molecule has 0 bridgehead atoms. The Bertz CT molecular complexity index is 1650. The Balaban J connectivity index is 1.22. The van der Waals surface area contributed by atoms with Crippen molar-refractivity contribution < 1.29 is 42.1 Å². The summed E-state index contributed by atoms with van der Waals surface area (Å²) in [4.78, 5) is 39.3. The van der Waals surface area contributed by atoms with Crippen LogP contribution in [0.2, 0.25) is 0 Å². The van der Waals surface area contributed by atoms with E-state index in [4.69, 9.17) is 4.74 Å². The van der Waals surface area contributed by atoms with Crippen molar-refractivity contribution in [2.75, 3.05) is 0 Å². The number of carbonyl (C=O) groups is 3. The maximum Gasteiger partial charge on any atom is 0.573 e. The maximum atomic E-state index is 14.5. The quantitative estimate of drug-likeness (QED) is 0.192. The van der Waals surface area contributed by atoms with Crippen LogP contribution in [0.25, 0.3) is 0 Å². The van der Waals surface area contributed by atoms with E-state index in [0.717, 1.165) is 75.3 Å². The minimum atomic E-state index is -4.76. The zero-order chi connectivity index (χ0) is 39.9. The predicted octanol–water partition coefficient (Wildman–Crippen LogP) is 10.3. The number of carboxylic acid groups (broad SMARTS) is 1. The molecule has 5 aliphatic carbocycles. The highest BCUT2D eigenvalue weighted by Gasteiger charge is 2.72. The second-order valence-corrected chi connectivity index (χ2v) is 19.9. The van der Waals surface area contributed by atoms with Gasteiger partial charge in [-0.25, -0.2) is 0 Å². The van der Waals surface area contributed by atoms with Crippen LogP contribution in [0.15, 0.2) is 36.4 Å². The van der Waals surface area contributed by atoms with Gasteiger partial charge in [0.05, 0.1) is 17.3 Å². The van der Waals surface area contributed by atoms with E-state index in [0.29, 0.717) is 17.8 Å². The van der Waals surface area contributed by atoms with Gasteiger partial charge in [-0.2, -0.15) is 0 Å². The van der Waals surface area contributed by atoms with Crippen LogP contribution >= 0.6 is 0 Å². The molecule has 2 N–H and O–H groups in total. The van der Waals surface area contributed by atoms with Crippen molar-refractivity contribution in [3.05, 3.63) is 42.0 Å². The Morgan fingerprint density at radius 2 is 1.54 bits per heavy atom. The lowest BCUT2D eigenvalue weighted by atomic mass is 9.32. The fourth-order valence-corrected chi connectivity index (χ4v) is 13.5. The minimum absolute atomic E-state index is 0.0145. The topological polar surface area (TPSA) is 102 Å². The van der Waals surface area contributed by atoms with E-state index in [2.05, 4.69) is 58.2 Å². The number of fused-ring (bicyclic) bond motifs is 7. The minimum Gasteiger partial charge on any atom is -0.481 e. The van der Waals surface area contributed by atoms with E-state index >= 15 is 0 Å². The number of allylic oxidation sites excluding steroid dienone is 1. The molecule has 10 atom stereocenters. The second kappa shape index (κ2) is 13.6. The summed E-state index contributed by atoms with van der Waals surface area (Å²) < 4.78 is 48.3. The first-order valence-electron chi connectivity index (χ1n) is 20.1. The van der Waals surface area contributed by atoms with Crippen molar-refractivity contribution in [1.82, 2.24) is 5.32 Å². The van der Waals surface area contributed by atoms with Crippen molar-refractivity contribution in [1.29, 1.82) is 0 Å². The molecular formula is C44H62F3NO6. The highest BCUT2D eigenvalue weighted by molar-refractivity contribution is 5.84. The zero-order valence-electron chi connectivity index (χ0n) is 33.6. The van der Waals surface area contributed by atoms with Crippen molar-refractivity contribution in [2.24, 2.45) is 62.1 Å². The molecule has 6 rings (SSSR count). The van der Waals surface area contributed by atoms with E-state index < -0.39 is 29.1 Å². The summed E-state index contributed by atoms with van der Waals surface area (Å²) in [5.41, 5.74) is 0.00470. The molecule has 5 saturated carbocycles. The van der Waals surface area contributed by atoms with Gasteiger partial charge in [0, 0.05) is 12.0 Å². The van der Waals surface area contributed by atoms with Crippen molar-refractivity contribution in [3.8, 4) is 5.75 Å². The Hall–Kier alpha value is -3.04. The number of esters is 1. The highest BCUT2D eigenvalue weighted by atomic mass is 19.4. The predicted molar refractivity (Wildman–Crippen MR) is 200 cm³/mol. The summed E-state index contributed by atoms with van der Waals surface area (Å²) in [7, 11) is 0. The van der Waals surface area contributed by atoms with Gasteiger partial charge in [0.25, 0.3) is 0 Å². The van der Waals surface area contributed by atoms with Gasteiger partial charge >= 0.3 is 18.3 Å². The second-order valence-electron chi connectivity index (χ2n) is 19.9. The van der Waals surface area contributed by atoms with Crippen LogP contribution in [0.3, 0.4) is 0 Å². The molecule has 54 heavy (non-hydrogen) atoms. The number of carbonyl (C=O) groups excluding carboxylic acids is 2. The molecule has 0 radical (unpaired) electrons. The van der Waals surface area contributed by atoms with Gasteiger partial charge < -0.3 is 19.9 Å². The number of hydrogen-bond acceptors (Lipinski definition) is 5. The number of amides is 1. The zero-order valence-corrected chi connectivity index (χ0v) is 33.6. The molecule has 1 amide bonds. The monoisotopic (exact) mass is 757 g/mol. The average molecular weight is 758 g/mol. The third kappa shape index (κ3) is 6.57. The molecule has 10 heteroatoms. The SMILES string of the molecule is C=C(C)[C@@H]1CC[C@]2(C(=O)NCc3ccc(OC(F)(F)F)cc3)CC[C@]3(C)[C@H](CC[C@@H]4[C@@]5(C)CC[C@H](OC(=O)CC(C)(C)C(=O)O)C(C)(C)[C@@H]5CC[C@]43C)[C@@H]12. The van der Waals surface area contributed by atoms with E-state index in [1.807, 2.05) is 0 Å². The fraction of sp³-hybridized carbons (Fsp3) is 0.750. The molecule has 5 aliphatic rings. The van der Waals surface area contributed by atoms with Gasteiger partial charge in [-0.05, 0) is 149 Å². The largest absolute Gasteiger partial charge is 0.573 e. The molecule has 0 heterocycles. The summed E-state index contributed by atoms with van der Waals surface area (Å²) in [5.74, 6) is -0.0890. The number of halogens is 3. The molecule has 0 aromatic heterocycles. The molecule has 0 saturated heterocycles. The number of rotatable bonds is 9.